The van der Waals surface area contributed by atoms with Crippen molar-refractivity contribution in [2.45, 2.75) is 11.2 Å². The van der Waals surface area contributed by atoms with Crippen LogP contribution in [0.3, 0.4) is 0 Å². The lowest BCUT2D eigenvalue weighted by atomic mass is 10.3. The first-order valence-corrected chi connectivity index (χ1v) is 7.82. The summed E-state index contributed by atoms with van der Waals surface area (Å²) >= 11 is 0. The van der Waals surface area contributed by atoms with E-state index in [4.69, 9.17) is 0 Å². The van der Waals surface area contributed by atoms with Gasteiger partial charge in [-0.25, -0.2) is 8.42 Å². The number of nitro groups is 1. The topological polar surface area (TPSA) is 108 Å². The van der Waals surface area contributed by atoms with Crippen molar-refractivity contribution in [1.82, 2.24) is 0 Å². The van der Waals surface area contributed by atoms with Gasteiger partial charge in [0, 0.05) is 18.2 Å². The Bertz CT molecular complexity index is 915. The summed E-state index contributed by atoms with van der Waals surface area (Å²) in [6.45, 7) is 0. The summed E-state index contributed by atoms with van der Waals surface area (Å²) in [6, 6.07) is 7.57. The molecule has 0 fully saturated rings. The number of anilines is 1. The van der Waals surface area contributed by atoms with Crippen LogP contribution in [0.4, 0.5) is 20.2 Å². The van der Waals surface area contributed by atoms with Gasteiger partial charge in [0.2, 0.25) is 0 Å². The first-order valence-electron chi connectivity index (χ1n) is 6.33. The van der Waals surface area contributed by atoms with E-state index in [0.29, 0.717) is 0 Å². The SMILES string of the molecule is O=[N+]([O-])c1ccc(S(=O)(=O)Nc2ccc3c(c2)OC(F)(F)O3)cc1. The van der Waals surface area contributed by atoms with Crippen molar-refractivity contribution in [2.75, 3.05) is 4.72 Å². The summed E-state index contributed by atoms with van der Waals surface area (Å²) in [4.78, 5) is 9.68. The maximum Gasteiger partial charge on any atom is 0.586 e. The van der Waals surface area contributed by atoms with Gasteiger partial charge in [0.1, 0.15) is 0 Å². The number of ether oxygens (including phenoxy) is 2. The molecule has 24 heavy (non-hydrogen) atoms. The second-order valence-corrected chi connectivity index (χ2v) is 6.37. The van der Waals surface area contributed by atoms with Crippen molar-refractivity contribution < 1.29 is 31.6 Å². The molecule has 0 aromatic heterocycles. The lowest BCUT2D eigenvalue weighted by molar-refractivity contribution is -0.384. The number of halogens is 2. The number of fused-ring (bicyclic) bond motifs is 1. The van der Waals surface area contributed by atoms with E-state index in [9.17, 15) is 27.3 Å². The van der Waals surface area contributed by atoms with Crippen LogP contribution in [0.5, 0.6) is 11.5 Å². The second-order valence-electron chi connectivity index (χ2n) is 4.69. The van der Waals surface area contributed by atoms with E-state index in [1.165, 1.54) is 6.07 Å². The molecule has 0 unspecified atom stereocenters. The van der Waals surface area contributed by atoms with Crippen molar-refractivity contribution in [1.29, 1.82) is 0 Å². The summed E-state index contributed by atoms with van der Waals surface area (Å²) < 4.78 is 60.9. The third kappa shape index (κ3) is 3.06. The Morgan fingerprint density at radius 1 is 1.04 bits per heavy atom. The predicted molar refractivity (Wildman–Crippen MR) is 76.5 cm³/mol. The maximum absolute atomic E-state index is 12.9. The van der Waals surface area contributed by atoms with Crippen molar-refractivity contribution in [3.63, 3.8) is 0 Å². The highest BCUT2D eigenvalue weighted by Crippen LogP contribution is 2.42. The summed E-state index contributed by atoms with van der Waals surface area (Å²) in [5.41, 5.74) is -0.298. The van der Waals surface area contributed by atoms with Crippen LogP contribution in [0.1, 0.15) is 0 Å². The van der Waals surface area contributed by atoms with Crippen LogP contribution < -0.4 is 14.2 Å². The van der Waals surface area contributed by atoms with E-state index in [1.54, 1.807) is 0 Å². The normalized spacial score (nSPS) is 15.1. The van der Waals surface area contributed by atoms with Crippen LogP contribution in [0.2, 0.25) is 0 Å². The number of hydrogen-bond acceptors (Lipinski definition) is 6. The summed E-state index contributed by atoms with van der Waals surface area (Å²) in [5, 5.41) is 10.6. The first kappa shape index (κ1) is 15.9. The Hall–Kier alpha value is -2.95. The fraction of sp³-hybridized carbons (Fsp3) is 0.0769. The molecule has 126 valence electrons. The van der Waals surface area contributed by atoms with Crippen molar-refractivity contribution >= 4 is 21.4 Å². The Morgan fingerprint density at radius 3 is 2.29 bits per heavy atom. The molecule has 11 heteroatoms. The fourth-order valence-corrected chi connectivity index (χ4v) is 3.02. The number of nitrogens with one attached hydrogen (secondary N) is 1. The van der Waals surface area contributed by atoms with Gasteiger partial charge in [-0.3, -0.25) is 14.8 Å². The highest BCUT2D eigenvalue weighted by Gasteiger charge is 2.43. The third-order valence-corrected chi connectivity index (χ3v) is 4.41. The van der Waals surface area contributed by atoms with E-state index >= 15 is 0 Å². The standard InChI is InChI=1S/C13H8F2N2O6S/c14-13(15)22-11-6-1-8(7-12(11)23-13)16-24(20,21)10-4-2-9(3-5-10)17(18)19/h1-7,16H. The molecule has 0 radical (unpaired) electrons. The number of nitro benzene ring substituents is 1. The van der Waals surface area contributed by atoms with Gasteiger partial charge >= 0.3 is 6.29 Å². The monoisotopic (exact) mass is 358 g/mol. The van der Waals surface area contributed by atoms with E-state index in [1.807, 2.05) is 0 Å². The molecule has 0 spiro atoms. The number of sulfonamides is 1. The highest BCUT2D eigenvalue weighted by atomic mass is 32.2. The molecule has 0 amide bonds. The Kier molecular flexibility index (Phi) is 3.52. The first-order chi connectivity index (χ1) is 11.2. The smallest absolute Gasteiger partial charge is 0.395 e. The molecule has 1 heterocycles. The van der Waals surface area contributed by atoms with E-state index in [2.05, 4.69) is 14.2 Å². The average Bonchev–Trinajstić information content (AvgIpc) is 2.80. The molecule has 1 aliphatic rings. The van der Waals surface area contributed by atoms with Gasteiger partial charge in [-0.1, -0.05) is 0 Å². The quantitative estimate of drug-likeness (QED) is 0.665. The van der Waals surface area contributed by atoms with Crippen LogP contribution in [0, 0.1) is 10.1 Å². The highest BCUT2D eigenvalue weighted by molar-refractivity contribution is 7.92. The Balaban J connectivity index is 1.84. The zero-order valence-electron chi connectivity index (χ0n) is 11.6. The van der Waals surface area contributed by atoms with Crippen LogP contribution in [-0.4, -0.2) is 19.6 Å². The number of benzene rings is 2. The van der Waals surface area contributed by atoms with E-state index in [0.717, 1.165) is 36.4 Å². The van der Waals surface area contributed by atoms with Crippen molar-refractivity contribution in [2.24, 2.45) is 0 Å². The van der Waals surface area contributed by atoms with Gasteiger partial charge in [0.15, 0.2) is 11.5 Å². The van der Waals surface area contributed by atoms with Crippen LogP contribution in [-0.2, 0) is 10.0 Å². The minimum absolute atomic E-state index is 0.0339. The van der Waals surface area contributed by atoms with Crippen LogP contribution in [0.15, 0.2) is 47.4 Å². The van der Waals surface area contributed by atoms with Gasteiger partial charge < -0.3 is 9.47 Å². The van der Waals surface area contributed by atoms with E-state index in [-0.39, 0.29) is 27.8 Å². The van der Waals surface area contributed by atoms with Crippen LogP contribution >= 0.6 is 0 Å². The van der Waals surface area contributed by atoms with Gasteiger partial charge in [0.25, 0.3) is 15.7 Å². The molecule has 1 aliphatic heterocycles. The zero-order chi connectivity index (χ0) is 17.5. The summed E-state index contributed by atoms with van der Waals surface area (Å²) in [5.74, 6) is -0.540. The second kappa shape index (κ2) is 5.30. The number of hydrogen-bond donors (Lipinski definition) is 1. The molecule has 2 aromatic rings. The average molecular weight is 358 g/mol. The van der Waals surface area contributed by atoms with Crippen molar-refractivity contribution in [3.8, 4) is 11.5 Å². The van der Waals surface area contributed by atoms with Gasteiger partial charge in [0.05, 0.1) is 15.5 Å². The fourth-order valence-electron chi connectivity index (χ4n) is 1.97. The van der Waals surface area contributed by atoms with Gasteiger partial charge in [-0.2, -0.15) is 0 Å². The Morgan fingerprint density at radius 2 is 1.67 bits per heavy atom. The lowest BCUT2D eigenvalue weighted by Gasteiger charge is -2.08. The Labute approximate surface area is 133 Å². The minimum atomic E-state index is -4.06. The molecule has 0 saturated heterocycles. The minimum Gasteiger partial charge on any atom is -0.395 e. The summed E-state index contributed by atoms with van der Waals surface area (Å²) in [6.07, 6.45) is -3.81. The molecule has 3 rings (SSSR count). The van der Waals surface area contributed by atoms with Crippen molar-refractivity contribution in [3.05, 3.63) is 52.6 Å². The molecule has 8 nitrogen and oxygen atoms in total. The molecule has 1 N–H and O–H groups in total. The predicted octanol–water partition coefficient (Wildman–Crippen LogP) is 2.72. The van der Waals surface area contributed by atoms with Crippen LogP contribution in [0.25, 0.3) is 0 Å². The number of alkyl halides is 2. The molecule has 2 aromatic carbocycles. The third-order valence-electron chi connectivity index (χ3n) is 3.01. The zero-order valence-corrected chi connectivity index (χ0v) is 12.4. The number of nitrogens with zero attached hydrogens (tertiary/aromatic N) is 1. The molecular formula is C13H8F2N2O6S. The molecular weight excluding hydrogens is 350 g/mol. The number of non-ortho nitro benzene ring substituents is 1. The van der Waals surface area contributed by atoms with E-state index < -0.39 is 21.2 Å². The molecule has 0 saturated carbocycles. The summed E-state index contributed by atoms with van der Waals surface area (Å²) in [7, 11) is -4.06. The molecule has 0 aliphatic carbocycles. The van der Waals surface area contributed by atoms with Gasteiger partial charge in [-0.05, 0) is 24.3 Å². The maximum atomic E-state index is 12.9. The number of rotatable bonds is 4. The lowest BCUT2D eigenvalue weighted by Crippen LogP contribution is -2.25. The molecule has 0 atom stereocenters. The van der Waals surface area contributed by atoms with Gasteiger partial charge in [-0.15, -0.1) is 8.78 Å². The largest absolute Gasteiger partial charge is 0.586 e. The molecule has 0 bridgehead atoms.